The van der Waals surface area contributed by atoms with Gasteiger partial charge in [-0.05, 0) is 63.8 Å². The molecule has 0 aliphatic carbocycles. The SMILES string of the molecule is CCn1nccc1C(C)Nc1ccc(C)c(C(=O)N2CCCCC2)c1. The van der Waals surface area contributed by atoms with Crippen LogP contribution in [0.2, 0.25) is 0 Å². The number of nitrogens with zero attached hydrogens (tertiary/aromatic N) is 3. The number of carbonyl (C=O) groups is 1. The zero-order valence-electron chi connectivity index (χ0n) is 15.5. The Morgan fingerprint density at radius 3 is 2.72 bits per heavy atom. The Bertz CT molecular complexity index is 731. The van der Waals surface area contributed by atoms with E-state index in [1.807, 2.05) is 47.0 Å². The van der Waals surface area contributed by atoms with Crippen LogP contribution in [0.15, 0.2) is 30.5 Å². The molecular weight excluding hydrogens is 312 g/mol. The van der Waals surface area contributed by atoms with Crippen molar-refractivity contribution in [2.24, 2.45) is 0 Å². The van der Waals surface area contributed by atoms with Crippen LogP contribution in [0.4, 0.5) is 5.69 Å². The third-order valence-electron chi connectivity index (χ3n) is 4.99. The van der Waals surface area contributed by atoms with E-state index < -0.39 is 0 Å². The van der Waals surface area contributed by atoms with E-state index in [1.165, 1.54) is 6.42 Å². The average molecular weight is 340 g/mol. The van der Waals surface area contributed by atoms with E-state index >= 15 is 0 Å². The van der Waals surface area contributed by atoms with Crippen molar-refractivity contribution < 1.29 is 4.79 Å². The molecule has 0 spiro atoms. The first-order valence-electron chi connectivity index (χ1n) is 9.28. The molecule has 1 aromatic heterocycles. The van der Waals surface area contributed by atoms with Gasteiger partial charge in [-0.3, -0.25) is 9.48 Å². The van der Waals surface area contributed by atoms with E-state index in [4.69, 9.17) is 0 Å². The van der Waals surface area contributed by atoms with Crippen LogP contribution >= 0.6 is 0 Å². The van der Waals surface area contributed by atoms with Gasteiger partial charge in [-0.1, -0.05) is 6.07 Å². The van der Waals surface area contributed by atoms with Crippen LogP contribution in [0.5, 0.6) is 0 Å². The topological polar surface area (TPSA) is 50.2 Å². The lowest BCUT2D eigenvalue weighted by atomic mass is 10.0. The Hall–Kier alpha value is -2.30. The van der Waals surface area contributed by atoms with Gasteiger partial charge in [-0.25, -0.2) is 0 Å². The summed E-state index contributed by atoms with van der Waals surface area (Å²) in [4.78, 5) is 14.9. The van der Waals surface area contributed by atoms with Crippen LogP contribution in [0.3, 0.4) is 0 Å². The fourth-order valence-corrected chi connectivity index (χ4v) is 3.51. The first kappa shape index (κ1) is 17.5. The number of benzene rings is 1. The van der Waals surface area contributed by atoms with E-state index in [2.05, 4.69) is 24.3 Å². The van der Waals surface area contributed by atoms with Gasteiger partial charge in [0, 0.05) is 37.1 Å². The number of amides is 1. The van der Waals surface area contributed by atoms with E-state index in [0.29, 0.717) is 0 Å². The highest BCUT2D eigenvalue weighted by molar-refractivity contribution is 5.96. The summed E-state index contributed by atoms with van der Waals surface area (Å²) < 4.78 is 1.99. The van der Waals surface area contributed by atoms with Gasteiger partial charge in [-0.15, -0.1) is 0 Å². The summed E-state index contributed by atoms with van der Waals surface area (Å²) in [6, 6.07) is 8.24. The number of nitrogens with one attached hydrogen (secondary N) is 1. The molecule has 1 aliphatic rings. The number of hydrogen-bond acceptors (Lipinski definition) is 3. The maximum absolute atomic E-state index is 12.9. The first-order chi connectivity index (χ1) is 12.1. The molecule has 1 atom stereocenters. The predicted octanol–water partition coefficient (Wildman–Crippen LogP) is 4.01. The number of aryl methyl sites for hydroxylation is 2. The van der Waals surface area contributed by atoms with Crippen LogP contribution in [-0.4, -0.2) is 33.7 Å². The molecule has 2 heterocycles. The average Bonchev–Trinajstić information content (AvgIpc) is 3.12. The van der Waals surface area contributed by atoms with E-state index in [9.17, 15) is 4.79 Å². The lowest BCUT2D eigenvalue weighted by Gasteiger charge is -2.27. The number of rotatable bonds is 5. The summed E-state index contributed by atoms with van der Waals surface area (Å²) in [6.07, 6.45) is 5.28. The highest BCUT2D eigenvalue weighted by Gasteiger charge is 2.20. The number of piperidine rings is 1. The summed E-state index contributed by atoms with van der Waals surface area (Å²) in [5, 5.41) is 7.85. The molecule has 0 radical (unpaired) electrons. The largest absolute Gasteiger partial charge is 0.377 e. The van der Waals surface area contributed by atoms with Gasteiger partial charge >= 0.3 is 0 Å². The van der Waals surface area contributed by atoms with Crippen LogP contribution in [0.1, 0.15) is 60.8 Å². The summed E-state index contributed by atoms with van der Waals surface area (Å²) in [6.45, 7) is 8.82. The molecule has 5 nitrogen and oxygen atoms in total. The standard InChI is InChI=1S/C20H28N4O/c1-4-24-19(10-11-21-24)16(3)22-17-9-8-15(2)18(14-17)20(25)23-12-6-5-7-13-23/h8-11,14,16,22H,4-7,12-13H2,1-3H3. The van der Waals surface area contributed by atoms with Crippen molar-refractivity contribution in [2.75, 3.05) is 18.4 Å². The number of carbonyl (C=O) groups excluding carboxylic acids is 1. The minimum atomic E-state index is 0.128. The molecule has 1 aliphatic heterocycles. The number of aromatic nitrogens is 2. The van der Waals surface area contributed by atoms with Gasteiger partial charge in [0.15, 0.2) is 0 Å². The van der Waals surface area contributed by atoms with Gasteiger partial charge in [-0.2, -0.15) is 5.10 Å². The molecule has 5 heteroatoms. The monoisotopic (exact) mass is 340 g/mol. The molecule has 1 aromatic carbocycles. The zero-order valence-corrected chi connectivity index (χ0v) is 15.5. The van der Waals surface area contributed by atoms with Crippen molar-refractivity contribution in [3.8, 4) is 0 Å². The lowest BCUT2D eigenvalue weighted by Crippen LogP contribution is -2.36. The predicted molar refractivity (Wildman–Crippen MR) is 101 cm³/mol. The van der Waals surface area contributed by atoms with Gasteiger partial charge < -0.3 is 10.2 Å². The zero-order chi connectivity index (χ0) is 17.8. The van der Waals surface area contributed by atoms with E-state index in [-0.39, 0.29) is 11.9 Å². The molecule has 25 heavy (non-hydrogen) atoms. The molecule has 1 fully saturated rings. The Morgan fingerprint density at radius 1 is 1.24 bits per heavy atom. The smallest absolute Gasteiger partial charge is 0.254 e. The molecule has 1 N–H and O–H groups in total. The van der Waals surface area contributed by atoms with Gasteiger partial charge in [0.1, 0.15) is 0 Å². The molecule has 3 rings (SSSR count). The van der Waals surface area contributed by atoms with Crippen molar-refractivity contribution in [3.63, 3.8) is 0 Å². The van der Waals surface area contributed by atoms with Crippen LogP contribution < -0.4 is 5.32 Å². The number of hydrogen-bond donors (Lipinski definition) is 1. The highest BCUT2D eigenvalue weighted by Crippen LogP contribution is 2.23. The van der Waals surface area contributed by atoms with E-state index in [1.54, 1.807) is 0 Å². The van der Waals surface area contributed by atoms with Crippen LogP contribution in [0.25, 0.3) is 0 Å². The third kappa shape index (κ3) is 3.86. The number of likely N-dealkylation sites (tertiary alicyclic amines) is 1. The molecular formula is C20H28N4O. The van der Waals surface area contributed by atoms with Crippen molar-refractivity contribution in [1.29, 1.82) is 0 Å². The molecule has 2 aromatic rings. The molecule has 1 saturated heterocycles. The van der Waals surface area contributed by atoms with Crippen molar-refractivity contribution in [3.05, 3.63) is 47.3 Å². The Morgan fingerprint density at radius 2 is 2.00 bits per heavy atom. The summed E-state index contributed by atoms with van der Waals surface area (Å²) in [7, 11) is 0. The van der Waals surface area contributed by atoms with Crippen LogP contribution in [0, 0.1) is 6.92 Å². The molecule has 1 unspecified atom stereocenters. The normalized spacial score (nSPS) is 15.9. The third-order valence-corrected chi connectivity index (χ3v) is 4.99. The number of anilines is 1. The second-order valence-corrected chi connectivity index (χ2v) is 6.82. The van der Waals surface area contributed by atoms with Gasteiger partial charge in [0.2, 0.25) is 0 Å². The highest BCUT2D eigenvalue weighted by atomic mass is 16.2. The first-order valence-corrected chi connectivity index (χ1v) is 9.28. The Labute approximate surface area is 150 Å². The maximum Gasteiger partial charge on any atom is 0.254 e. The lowest BCUT2D eigenvalue weighted by molar-refractivity contribution is 0.0723. The minimum Gasteiger partial charge on any atom is -0.377 e. The fourth-order valence-electron chi connectivity index (χ4n) is 3.51. The minimum absolute atomic E-state index is 0.128. The van der Waals surface area contributed by atoms with E-state index in [0.717, 1.165) is 55.0 Å². The summed E-state index contributed by atoms with van der Waals surface area (Å²) in [5.41, 5.74) is 3.96. The van der Waals surface area contributed by atoms with Crippen molar-refractivity contribution >= 4 is 11.6 Å². The molecule has 0 saturated carbocycles. The summed E-state index contributed by atoms with van der Waals surface area (Å²) >= 11 is 0. The quantitative estimate of drug-likeness (QED) is 0.895. The van der Waals surface area contributed by atoms with Crippen molar-refractivity contribution in [1.82, 2.24) is 14.7 Å². The Balaban J connectivity index is 1.78. The van der Waals surface area contributed by atoms with Gasteiger partial charge in [0.05, 0.1) is 11.7 Å². The summed E-state index contributed by atoms with van der Waals surface area (Å²) in [5.74, 6) is 0.159. The fraction of sp³-hybridized carbons (Fsp3) is 0.500. The maximum atomic E-state index is 12.9. The van der Waals surface area contributed by atoms with Gasteiger partial charge in [0.25, 0.3) is 5.91 Å². The van der Waals surface area contributed by atoms with Crippen molar-refractivity contribution in [2.45, 2.75) is 52.6 Å². The second-order valence-electron chi connectivity index (χ2n) is 6.82. The Kier molecular flexibility index (Phi) is 5.41. The molecule has 134 valence electrons. The molecule has 0 bridgehead atoms. The van der Waals surface area contributed by atoms with Crippen LogP contribution in [-0.2, 0) is 6.54 Å². The second kappa shape index (κ2) is 7.72. The molecule has 1 amide bonds.